The van der Waals surface area contributed by atoms with Crippen molar-refractivity contribution in [3.63, 3.8) is 0 Å². The van der Waals surface area contributed by atoms with Crippen molar-refractivity contribution in [1.29, 1.82) is 0 Å². The predicted molar refractivity (Wildman–Crippen MR) is 64.4 cm³/mol. The number of ether oxygens (including phenoxy) is 1. The Bertz CT molecular complexity index is 298. The molecule has 0 saturated carbocycles. The second kappa shape index (κ2) is 7.74. The van der Waals surface area contributed by atoms with Crippen LogP contribution in [0.2, 0.25) is 0 Å². The molecule has 0 aliphatic heterocycles. The fourth-order valence-electron chi connectivity index (χ4n) is 1.31. The van der Waals surface area contributed by atoms with Gasteiger partial charge in [-0.3, -0.25) is 0 Å². The summed E-state index contributed by atoms with van der Waals surface area (Å²) in [5.41, 5.74) is 1.22. The molecule has 3 heteroatoms. The number of rotatable bonds is 6. The standard InChI is InChI=1S/C13H19NO2/c1-2-3-11-16-13(15)14-10-9-12-7-5-4-6-8-12/h4-8H,2-3,9-11H2,1H3,(H,14,15). The summed E-state index contributed by atoms with van der Waals surface area (Å²) < 4.78 is 4.97. The molecule has 1 rings (SSSR count). The van der Waals surface area contributed by atoms with Gasteiger partial charge in [0.25, 0.3) is 0 Å². The number of alkyl carbamates (subject to hydrolysis) is 1. The SMILES string of the molecule is CCCCOC(=O)NCCc1ccccc1. The van der Waals surface area contributed by atoms with E-state index in [4.69, 9.17) is 4.74 Å². The number of carbonyl (C=O) groups excluding carboxylic acids is 1. The van der Waals surface area contributed by atoms with E-state index >= 15 is 0 Å². The van der Waals surface area contributed by atoms with E-state index in [2.05, 4.69) is 12.2 Å². The Kier molecular flexibility index (Phi) is 6.07. The first-order valence-electron chi connectivity index (χ1n) is 5.77. The number of hydrogen-bond acceptors (Lipinski definition) is 2. The van der Waals surface area contributed by atoms with Gasteiger partial charge in [0.1, 0.15) is 0 Å². The van der Waals surface area contributed by atoms with Crippen LogP contribution in [0, 0.1) is 0 Å². The van der Waals surface area contributed by atoms with Gasteiger partial charge in [-0.05, 0) is 18.4 Å². The van der Waals surface area contributed by atoms with Gasteiger partial charge in [0, 0.05) is 6.54 Å². The second-order valence-corrected chi connectivity index (χ2v) is 3.65. The van der Waals surface area contributed by atoms with Crippen molar-refractivity contribution < 1.29 is 9.53 Å². The number of carbonyl (C=O) groups is 1. The molecule has 0 unspecified atom stereocenters. The van der Waals surface area contributed by atoms with Crippen molar-refractivity contribution in [3.8, 4) is 0 Å². The average molecular weight is 221 g/mol. The molecule has 1 aromatic rings. The molecule has 16 heavy (non-hydrogen) atoms. The van der Waals surface area contributed by atoms with Crippen LogP contribution in [0.25, 0.3) is 0 Å². The lowest BCUT2D eigenvalue weighted by molar-refractivity contribution is 0.144. The summed E-state index contributed by atoms with van der Waals surface area (Å²) in [6, 6.07) is 10.1. The Labute approximate surface area is 96.8 Å². The molecule has 1 N–H and O–H groups in total. The number of unbranched alkanes of at least 4 members (excludes halogenated alkanes) is 1. The minimum Gasteiger partial charge on any atom is -0.450 e. The molecular weight excluding hydrogens is 202 g/mol. The first-order chi connectivity index (χ1) is 7.83. The normalized spacial score (nSPS) is 9.81. The number of hydrogen-bond donors (Lipinski definition) is 1. The summed E-state index contributed by atoms with van der Waals surface area (Å²) in [6.07, 6.45) is 2.48. The number of amides is 1. The molecule has 0 aromatic heterocycles. The lowest BCUT2D eigenvalue weighted by Crippen LogP contribution is -2.26. The Morgan fingerprint density at radius 2 is 2.06 bits per heavy atom. The summed E-state index contributed by atoms with van der Waals surface area (Å²) in [6.45, 7) is 3.19. The zero-order valence-corrected chi connectivity index (χ0v) is 9.74. The van der Waals surface area contributed by atoms with E-state index in [0.717, 1.165) is 19.3 Å². The minimum atomic E-state index is -0.315. The Morgan fingerprint density at radius 3 is 2.75 bits per heavy atom. The zero-order valence-electron chi connectivity index (χ0n) is 9.74. The van der Waals surface area contributed by atoms with Crippen LogP contribution in [0.4, 0.5) is 4.79 Å². The first kappa shape index (κ1) is 12.6. The maximum absolute atomic E-state index is 11.2. The highest BCUT2D eigenvalue weighted by Crippen LogP contribution is 1.98. The average Bonchev–Trinajstić information content (AvgIpc) is 2.31. The molecule has 0 fully saturated rings. The number of nitrogens with one attached hydrogen (secondary N) is 1. The third-order valence-corrected chi connectivity index (χ3v) is 2.26. The lowest BCUT2D eigenvalue weighted by Gasteiger charge is -2.06. The van der Waals surface area contributed by atoms with Crippen molar-refractivity contribution in [2.24, 2.45) is 0 Å². The van der Waals surface area contributed by atoms with Gasteiger partial charge in [-0.25, -0.2) is 4.79 Å². The van der Waals surface area contributed by atoms with Gasteiger partial charge < -0.3 is 10.1 Å². The van der Waals surface area contributed by atoms with E-state index in [1.165, 1.54) is 5.56 Å². The summed E-state index contributed by atoms with van der Waals surface area (Å²) >= 11 is 0. The quantitative estimate of drug-likeness (QED) is 0.750. The van der Waals surface area contributed by atoms with E-state index in [1.807, 2.05) is 30.3 Å². The van der Waals surface area contributed by atoms with Crippen LogP contribution in [-0.4, -0.2) is 19.2 Å². The maximum Gasteiger partial charge on any atom is 0.407 e. The fraction of sp³-hybridized carbons (Fsp3) is 0.462. The largest absolute Gasteiger partial charge is 0.450 e. The van der Waals surface area contributed by atoms with Crippen LogP contribution in [0.5, 0.6) is 0 Å². The third-order valence-electron chi connectivity index (χ3n) is 2.26. The van der Waals surface area contributed by atoms with Gasteiger partial charge in [-0.2, -0.15) is 0 Å². The molecule has 1 amide bonds. The molecule has 0 heterocycles. The zero-order chi connectivity index (χ0) is 11.6. The van der Waals surface area contributed by atoms with Crippen LogP contribution >= 0.6 is 0 Å². The fourth-order valence-corrected chi connectivity index (χ4v) is 1.31. The number of benzene rings is 1. The van der Waals surface area contributed by atoms with E-state index in [-0.39, 0.29) is 6.09 Å². The van der Waals surface area contributed by atoms with Gasteiger partial charge >= 0.3 is 6.09 Å². The Morgan fingerprint density at radius 1 is 1.31 bits per heavy atom. The highest BCUT2D eigenvalue weighted by atomic mass is 16.5. The van der Waals surface area contributed by atoms with Crippen LogP contribution in [0.3, 0.4) is 0 Å². The highest BCUT2D eigenvalue weighted by Gasteiger charge is 2.00. The van der Waals surface area contributed by atoms with Crippen LogP contribution in [0.1, 0.15) is 25.3 Å². The first-order valence-corrected chi connectivity index (χ1v) is 5.77. The van der Waals surface area contributed by atoms with Gasteiger partial charge in [-0.15, -0.1) is 0 Å². The van der Waals surface area contributed by atoms with Gasteiger partial charge in [0.15, 0.2) is 0 Å². The molecule has 0 saturated heterocycles. The minimum absolute atomic E-state index is 0.315. The predicted octanol–water partition coefficient (Wildman–Crippen LogP) is 2.76. The third kappa shape index (κ3) is 5.39. The van der Waals surface area contributed by atoms with Crippen molar-refractivity contribution >= 4 is 6.09 Å². The summed E-state index contributed by atoms with van der Waals surface area (Å²) in [7, 11) is 0. The summed E-state index contributed by atoms with van der Waals surface area (Å²) in [5, 5.41) is 2.73. The maximum atomic E-state index is 11.2. The Hall–Kier alpha value is -1.51. The molecule has 1 aromatic carbocycles. The van der Waals surface area contributed by atoms with E-state index in [1.54, 1.807) is 0 Å². The molecule has 0 bridgehead atoms. The molecule has 3 nitrogen and oxygen atoms in total. The molecule has 0 spiro atoms. The second-order valence-electron chi connectivity index (χ2n) is 3.65. The lowest BCUT2D eigenvalue weighted by atomic mass is 10.1. The van der Waals surface area contributed by atoms with E-state index in [0.29, 0.717) is 13.2 Å². The van der Waals surface area contributed by atoms with Crippen molar-refractivity contribution in [2.45, 2.75) is 26.2 Å². The highest BCUT2D eigenvalue weighted by molar-refractivity contribution is 5.67. The van der Waals surface area contributed by atoms with Crippen LogP contribution in [0.15, 0.2) is 30.3 Å². The molecule has 0 atom stereocenters. The van der Waals surface area contributed by atoms with Gasteiger partial charge in [-0.1, -0.05) is 43.7 Å². The van der Waals surface area contributed by atoms with E-state index in [9.17, 15) is 4.79 Å². The van der Waals surface area contributed by atoms with Crippen molar-refractivity contribution in [1.82, 2.24) is 5.32 Å². The van der Waals surface area contributed by atoms with Gasteiger partial charge in [0.05, 0.1) is 6.61 Å². The van der Waals surface area contributed by atoms with Crippen LogP contribution < -0.4 is 5.32 Å². The molecule has 0 radical (unpaired) electrons. The molecule has 88 valence electrons. The van der Waals surface area contributed by atoms with Crippen molar-refractivity contribution in [3.05, 3.63) is 35.9 Å². The summed E-state index contributed by atoms with van der Waals surface area (Å²) in [4.78, 5) is 11.2. The Balaban J connectivity index is 2.09. The van der Waals surface area contributed by atoms with Crippen molar-refractivity contribution in [2.75, 3.05) is 13.2 Å². The van der Waals surface area contributed by atoms with Gasteiger partial charge in [0.2, 0.25) is 0 Å². The van der Waals surface area contributed by atoms with E-state index < -0.39 is 0 Å². The topological polar surface area (TPSA) is 38.3 Å². The monoisotopic (exact) mass is 221 g/mol. The smallest absolute Gasteiger partial charge is 0.407 e. The molecule has 0 aliphatic carbocycles. The molecular formula is C13H19NO2. The molecule has 0 aliphatic rings. The summed E-state index contributed by atoms with van der Waals surface area (Å²) in [5.74, 6) is 0. The van der Waals surface area contributed by atoms with Crippen LogP contribution in [-0.2, 0) is 11.2 Å².